The van der Waals surface area contributed by atoms with Crippen molar-refractivity contribution >= 4 is 21.4 Å². The molecule has 0 aliphatic carbocycles. The average Bonchev–Trinajstić information content (AvgIpc) is 3.23. The normalized spacial score (nSPS) is 18.3. The Morgan fingerprint density at radius 3 is 2.67 bits per heavy atom. The van der Waals surface area contributed by atoms with Crippen LogP contribution in [0, 0.1) is 0 Å². The molecule has 1 unspecified atom stereocenters. The van der Waals surface area contributed by atoms with Gasteiger partial charge >= 0.3 is 0 Å². The number of thiophene rings is 1. The van der Waals surface area contributed by atoms with E-state index < -0.39 is 10.0 Å². The summed E-state index contributed by atoms with van der Waals surface area (Å²) >= 11 is 1.18. The zero-order chi connectivity index (χ0) is 17.0. The molecule has 0 amide bonds. The molecule has 3 rings (SSSR count). The molecular weight excluding hydrogens is 344 g/mol. The van der Waals surface area contributed by atoms with Crippen LogP contribution < -0.4 is 5.14 Å². The number of ether oxygens (including phenoxy) is 1. The second kappa shape index (κ2) is 7.76. The number of nitrogens with zero attached hydrogens (tertiary/aromatic N) is 1. The summed E-state index contributed by atoms with van der Waals surface area (Å²) < 4.78 is 28.7. The largest absolute Gasteiger partial charge is 0.380 e. The molecule has 1 aliphatic rings. The standard InChI is InChI=1S/C17H22N2O3S2/c18-24(20,21)17-10-15(13-23-17)11-19(16-7-9-22-12-16)8-6-14-4-2-1-3-5-14/h1-5,10,13,16H,6-9,11-12H2,(H2,18,20,21). The number of hydrogen-bond acceptors (Lipinski definition) is 5. The molecule has 1 aromatic heterocycles. The summed E-state index contributed by atoms with van der Waals surface area (Å²) in [4.78, 5) is 2.38. The molecule has 1 saturated heterocycles. The van der Waals surface area contributed by atoms with Gasteiger partial charge in [0, 0.05) is 25.7 Å². The topological polar surface area (TPSA) is 72.6 Å². The number of hydrogen-bond donors (Lipinski definition) is 1. The van der Waals surface area contributed by atoms with E-state index >= 15 is 0 Å². The first-order valence-electron chi connectivity index (χ1n) is 7.98. The Bertz CT molecular complexity index is 753. The van der Waals surface area contributed by atoms with E-state index in [1.807, 2.05) is 11.4 Å². The first-order valence-corrected chi connectivity index (χ1v) is 10.4. The maximum Gasteiger partial charge on any atom is 0.247 e. The SMILES string of the molecule is NS(=O)(=O)c1cc(CN(CCc2ccccc2)C2CCOC2)cs1. The molecule has 0 saturated carbocycles. The Balaban J connectivity index is 1.69. The van der Waals surface area contributed by atoms with E-state index in [-0.39, 0.29) is 4.21 Å². The van der Waals surface area contributed by atoms with Crippen LogP contribution in [0.25, 0.3) is 0 Å². The van der Waals surface area contributed by atoms with Crippen LogP contribution in [0.2, 0.25) is 0 Å². The van der Waals surface area contributed by atoms with Crippen molar-refractivity contribution in [2.45, 2.75) is 29.6 Å². The summed E-state index contributed by atoms with van der Waals surface area (Å²) in [5.41, 5.74) is 2.29. The van der Waals surface area contributed by atoms with E-state index in [1.165, 1.54) is 16.9 Å². The third-order valence-corrected chi connectivity index (χ3v) is 6.68. The van der Waals surface area contributed by atoms with Crippen LogP contribution in [-0.4, -0.2) is 39.1 Å². The lowest BCUT2D eigenvalue weighted by molar-refractivity contribution is 0.140. The monoisotopic (exact) mass is 366 g/mol. The molecule has 130 valence electrons. The van der Waals surface area contributed by atoms with Crippen molar-refractivity contribution < 1.29 is 13.2 Å². The van der Waals surface area contributed by atoms with E-state index in [0.29, 0.717) is 12.6 Å². The maximum absolute atomic E-state index is 11.5. The highest BCUT2D eigenvalue weighted by molar-refractivity contribution is 7.91. The summed E-state index contributed by atoms with van der Waals surface area (Å²) in [7, 11) is -3.62. The van der Waals surface area contributed by atoms with Gasteiger partial charge in [0.2, 0.25) is 10.0 Å². The van der Waals surface area contributed by atoms with Crippen LogP contribution in [0.4, 0.5) is 0 Å². The van der Waals surface area contributed by atoms with Crippen LogP contribution in [0.5, 0.6) is 0 Å². The number of nitrogens with two attached hydrogens (primary N) is 1. The summed E-state index contributed by atoms with van der Waals surface area (Å²) in [5, 5.41) is 7.09. The minimum atomic E-state index is -3.62. The molecule has 1 aromatic carbocycles. The molecule has 1 aliphatic heterocycles. The minimum absolute atomic E-state index is 0.225. The summed E-state index contributed by atoms with van der Waals surface area (Å²) in [6.45, 7) is 3.16. The zero-order valence-corrected chi connectivity index (χ0v) is 15.1. The Morgan fingerprint density at radius 1 is 1.25 bits per heavy atom. The van der Waals surface area contributed by atoms with Gasteiger partial charge in [-0.1, -0.05) is 30.3 Å². The van der Waals surface area contributed by atoms with Gasteiger partial charge < -0.3 is 4.74 Å². The first kappa shape index (κ1) is 17.6. The average molecular weight is 367 g/mol. The fourth-order valence-electron chi connectivity index (χ4n) is 2.94. The Hall–Kier alpha value is -1.25. The van der Waals surface area contributed by atoms with Gasteiger partial charge in [-0.05, 0) is 35.4 Å². The quantitative estimate of drug-likeness (QED) is 0.816. The second-order valence-corrected chi connectivity index (χ2v) is 8.74. The van der Waals surface area contributed by atoms with Gasteiger partial charge in [-0.25, -0.2) is 13.6 Å². The summed E-state index contributed by atoms with van der Waals surface area (Å²) in [6, 6.07) is 12.5. The van der Waals surface area contributed by atoms with Gasteiger partial charge in [-0.2, -0.15) is 0 Å². The molecule has 2 N–H and O–H groups in total. The van der Waals surface area contributed by atoms with Crippen LogP contribution in [0.3, 0.4) is 0 Å². The van der Waals surface area contributed by atoms with Crippen LogP contribution in [-0.2, 0) is 27.7 Å². The van der Waals surface area contributed by atoms with Crippen molar-refractivity contribution in [2.24, 2.45) is 5.14 Å². The van der Waals surface area contributed by atoms with Crippen molar-refractivity contribution in [3.63, 3.8) is 0 Å². The number of sulfonamides is 1. The molecule has 2 aromatic rings. The highest BCUT2D eigenvalue weighted by Crippen LogP contribution is 2.23. The number of benzene rings is 1. The van der Waals surface area contributed by atoms with Gasteiger partial charge in [0.05, 0.1) is 6.61 Å². The fraction of sp³-hybridized carbons (Fsp3) is 0.412. The van der Waals surface area contributed by atoms with Gasteiger partial charge in [-0.15, -0.1) is 11.3 Å². The lowest BCUT2D eigenvalue weighted by Gasteiger charge is -2.27. The van der Waals surface area contributed by atoms with Crippen molar-refractivity contribution in [3.05, 3.63) is 52.9 Å². The fourth-order valence-corrected chi connectivity index (χ4v) is 4.56. The van der Waals surface area contributed by atoms with Crippen molar-refractivity contribution in [1.82, 2.24) is 4.90 Å². The smallest absolute Gasteiger partial charge is 0.247 e. The van der Waals surface area contributed by atoms with Gasteiger partial charge in [0.1, 0.15) is 4.21 Å². The van der Waals surface area contributed by atoms with Crippen molar-refractivity contribution in [1.29, 1.82) is 0 Å². The van der Waals surface area contributed by atoms with Gasteiger partial charge in [-0.3, -0.25) is 4.90 Å². The third kappa shape index (κ3) is 4.64. The molecule has 2 heterocycles. The van der Waals surface area contributed by atoms with E-state index in [0.717, 1.165) is 38.2 Å². The van der Waals surface area contributed by atoms with Crippen LogP contribution >= 0.6 is 11.3 Å². The molecule has 0 bridgehead atoms. The summed E-state index contributed by atoms with van der Waals surface area (Å²) in [6.07, 6.45) is 1.98. The van der Waals surface area contributed by atoms with E-state index in [2.05, 4.69) is 29.2 Å². The molecular formula is C17H22N2O3S2. The van der Waals surface area contributed by atoms with Crippen molar-refractivity contribution in [3.8, 4) is 0 Å². The molecule has 7 heteroatoms. The van der Waals surface area contributed by atoms with Gasteiger partial charge in [0.15, 0.2) is 0 Å². The Kier molecular flexibility index (Phi) is 5.68. The number of primary sulfonamides is 1. The third-order valence-electron chi connectivity index (χ3n) is 4.25. The van der Waals surface area contributed by atoms with Crippen LogP contribution in [0.1, 0.15) is 17.5 Å². The first-order chi connectivity index (χ1) is 11.5. The highest BCUT2D eigenvalue weighted by Gasteiger charge is 2.24. The predicted molar refractivity (Wildman–Crippen MR) is 95.5 cm³/mol. The summed E-state index contributed by atoms with van der Waals surface area (Å²) in [5.74, 6) is 0. The molecule has 1 atom stereocenters. The Morgan fingerprint density at radius 2 is 2.04 bits per heavy atom. The van der Waals surface area contributed by atoms with E-state index in [4.69, 9.17) is 9.88 Å². The molecule has 5 nitrogen and oxygen atoms in total. The minimum Gasteiger partial charge on any atom is -0.380 e. The van der Waals surface area contributed by atoms with E-state index in [9.17, 15) is 8.42 Å². The highest BCUT2D eigenvalue weighted by atomic mass is 32.2. The maximum atomic E-state index is 11.5. The van der Waals surface area contributed by atoms with Gasteiger partial charge in [0.25, 0.3) is 0 Å². The number of rotatable bonds is 7. The Labute approximate surface area is 147 Å². The molecule has 0 spiro atoms. The van der Waals surface area contributed by atoms with Crippen LogP contribution in [0.15, 0.2) is 46.0 Å². The van der Waals surface area contributed by atoms with E-state index in [1.54, 1.807) is 6.07 Å². The molecule has 0 radical (unpaired) electrons. The lowest BCUT2D eigenvalue weighted by Crippen LogP contribution is -2.36. The van der Waals surface area contributed by atoms with Crippen molar-refractivity contribution in [2.75, 3.05) is 19.8 Å². The zero-order valence-electron chi connectivity index (χ0n) is 13.4. The second-order valence-electron chi connectivity index (χ2n) is 6.04. The predicted octanol–water partition coefficient (Wildman–Crippen LogP) is 2.23. The molecule has 1 fully saturated rings. The lowest BCUT2D eigenvalue weighted by atomic mass is 10.1. The molecule has 24 heavy (non-hydrogen) atoms.